The number of carbonyl (C=O) groups is 1. The molecule has 2 fully saturated rings. The number of piperidine rings is 2. The average molecular weight is 414 g/mol. The van der Waals surface area contributed by atoms with Crippen LogP contribution in [0.4, 0.5) is 5.82 Å². The highest BCUT2D eigenvalue weighted by molar-refractivity contribution is 6.30. The smallest absolute Gasteiger partial charge is 0.224 e. The first kappa shape index (κ1) is 20.1. The summed E-state index contributed by atoms with van der Waals surface area (Å²) in [6, 6.07) is 10.2. The highest BCUT2D eigenvalue weighted by atomic mass is 35.5. The second-order valence-electron chi connectivity index (χ2n) is 7.93. The molecule has 0 unspecified atom stereocenters. The van der Waals surface area contributed by atoms with Crippen LogP contribution < -0.4 is 10.2 Å². The van der Waals surface area contributed by atoms with Crippen LogP contribution in [0.15, 0.2) is 42.7 Å². The van der Waals surface area contributed by atoms with Gasteiger partial charge in [0.05, 0.1) is 23.2 Å². The molecular formula is C22H28ClN5O. The van der Waals surface area contributed by atoms with Crippen molar-refractivity contribution in [1.29, 1.82) is 0 Å². The number of hydrogen-bond donors (Lipinski definition) is 1. The summed E-state index contributed by atoms with van der Waals surface area (Å²) in [6.45, 7) is 4.44. The fraction of sp³-hybridized carbons (Fsp3) is 0.500. The number of hydrogen-bond acceptors (Lipinski definition) is 5. The highest BCUT2D eigenvalue weighted by Crippen LogP contribution is 2.26. The van der Waals surface area contributed by atoms with Crippen LogP contribution in [-0.2, 0) is 11.3 Å². The Morgan fingerprint density at radius 1 is 1.10 bits per heavy atom. The molecule has 1 N–H and O–H groups in total. The number of halogens is 1. The minimum absolute atomic E-state index is 0.0726. The Bertz CT molecular complexity index is 793. The number of aromatic nitrogens is 2. The lowest BCUT2D eigenvalue weighted by molar-refractivity contribution is -0.127. The second kappa shape index (κ2) is 9.55. The average Bonchev–Trinajstić information content (AvgIpc) is 2.79. The van der Waals surface area contributed by atoms with Gasteiger partial charge in [-0.1, -0.05) is 17.7 Å². The molecule has 2 aromatic rings. The topological polar surface area (TPSA) is 61.4 Å². The molecule has 1 atom stereocenters. The van der Waals surface area contributed by atoms with Crippen LogP contribution in [0.3, 0.4) is 0 Å². The standard InChI is InChI=1S/C22H28ClN5O/c23-18-6-7-21(25-14-18)27-12-8-20(9-13-27)28-11-3-4-17(16-28)22(29)26-15-19-5-1-2-10-24-19/h1-2,5-7,10,14,17,20H,3-4,8-9,11-13,15-16H2,(H,26,29)/t17-/m1/s1. The molecule has 4 rings (SSSR count). The Balaban J connectivity index is 1.26. The lowest BCUT2D eigenvalue weighted by Gasteiger charge is -2.42. The predicted octanol–water partition coefficient (Wildman–Crippen LogP) is 3.13. The number of carbonyl (C=O) groups excluding carboxylic acids is 1. The fourth-order valence-corrected chi connectivity index (χ4v) is 4.50. The maximum atomic E-state index is 12.7. The van der Waals surface area contributed by atoms with Gasteiger partial charge in [0.2, 0.25) is 5.91 Å². The van der Waals surface area contributed by atoms with E-state index < -0.39 is 0 Å². The maximum Gasteiger partial charge on any atom is 0.224 e. The van der Waals surface area contributed by atoms with E-state index in [1.54, 1.807) is 12.4 Å². The molecule has 0 spiro atoms. The van der Waals surface area contributed by atoms with Crippen LogP contribution in [0, 0.1) is 5.92 Å². The molecule has 1 amide bonds. The Morgan fingerprint density at radius 3 is 2.69 bits per heavy atom. The molecular weight excluding hydrogens is 386 g/mol. The van der Waals surface area contributed by atoms with E-state index in [2.05, 4.69) is 25.1 Å². The lowest BCUT2D eigenvalue weighted by atomic mass is 9.93. The summed E-state index contributed by atoms with van der Waals surface area (Å²) < 4.78 is 0. The normalized spacial score (nSPS) is 21.1. The zero-order chi connectivity index (χ0) is 20.1. The maximum absolute atomic E-state index is 12.7. The first-order chi connectivity index (χ1) is 14.2. The summed E-state index contributed by atoms with van der Waals surface area (Å²) in [5.74, 6) is 1.23. The van der Waals surface area contributed by atoms with E-state index in [0.29, 0.717) is 17.6 Å². The number of rotatable bonds is 5. The van der Waals surface area contributed by atoms with Gasteiger partial charge in [0.25, 0.3) is 0 Å². The third-order valence-electron chi connectivity index (χ3n) is 6.01. The highest BCUT2D eigenvalue weighted by Gasteiger charge is 2.31. The molecule has 2 aliphatic heterocycles. The van der Waals surface area contributed by atoms with Gasteiger partial charge < -0.3 is 10.2 Å². The Hall–Kier alpha value is -2.18. The van der Waals surface area contributed by atoms with Crippen molar-refractivity contribution in [2.45, 2.75) is 38.3 Å². The number of nitrogens with zero attached hydrogens (tertiary/aromatic N) is 4. The molecule has 0 bridgehead atoms. The quantitative estimate of drug-likeness (QED) is 0.815. The Labute approximate surface area is 177 Å². The molecule has 7 heteroatoms. The number of likely N-dealkylation sites (tertiary alicyclic amines) is 1. The molecule has 2 aromatic heterocycles. The van der Waals surface area contributed by atoms with Gasteiger partial charge in [-0.15, -0.1) is 0 Å². The SMILES string of the molecule is O=C(NCc1ccccn1)[C@@H]1CCCN(C2CCN(c3ccc(Cl)cn3)CC2)C1. The monoisotopic (exact) mass is 413 g/mol. The zero-order valence-corrected chi connectivity index (χ0v) is 17.4. The number of nitrogens with one attached hydrogen (secondary N) is 1. The molecule has 0 aliphatic carbocycles. The van der Waals surface area contributed by atoms with Crippen molar-refractivity contribution in [3.8, 4) is 0 Å². The molecule has 0 aromatic carbocycles. The van der Waals surface area contributed by atoms with Crippen molar-refractivity contribution >= 4 is 23.3 Å². The predicted molar refractivity (Wildman–Crippen MR) is 115 cm³/mol. The summed E-state index contributed by atoms with van der Waals surface area (Å²) in [5.41, 5.74) is 0.900. The molecule has 4 heterocycles. The lowest BCUT2D eigenvalue weighted by Crippen LogP contribution is -2.50. The summed E-state index contributed by atoms with van der Waals surface area (Å²) in [6.07, 6.45) is 7.73. The van der Waals surface area contributed by atoms with Crippen LogP contribution >= 0.6 is 11.6 Å². The minimum Gasteiger partial charge on any atom is -0.357 e. The van der Waals surface area contributed by atoms with Crippen molar-refractivity contribution in [2.24, 2.45) is 5.92 Å². The minimum atomic E-state index is 0.0726. The summed E-state index contributed by atoms with van der Waals surface area (Å²) >= 11 is 5.95. The van der Waals surface area contributed by atoms with E-state index in [0.717, 1.165) is 63.4 Å². The van der Waals surface area contributed by atoms with Crippen molar-refractivity contribution < 1.29 is 4.79 Å². The second-order valence-corrected chi connectivity index (χ2v) is 8.36. The number of anilines is 1. The van der Waals surface area contributed by atoms with Crippen LogP contribution in [-0.4, -0.2) is 53.0 Å². The number of amides is 1. The van der Waals surface area contributed by atoms with Crippen LogP contribution in [0.2, 0.25) is 5.02 Å². The molecule has 0 saturated carbocycles. The van der Waals surface area contributed by atoms with E-state index >= 15 is 0 Å². The van der Waals surface area contributed by atoms with Gasteiger partial charge in [0.15, 0.2) is 0 Å². The largest absolute Gasteiger partial charge is 0.357 e. The first-order valence-corrected chi connectivity index (χ1v) is 10.8. The summed E-state index contributed by atoms with van der Waals surface area (Å²) in [5, 5.41) is 3.74. The summed E-state index contributed by atoms with van der Waals surface area (Å²) in [7, 11) is 0. The van der Waals surface area contributed by atoms with Gasteiger partial charge in [-0.3, -0.25) is 14.7 Å². The van der Waals surface area contributed by atoms with Crippen molar-refractivity contribution in [3.05, 3.63) is 53.4 Å². The van der Waals surface area contributed by atoms with Crippen molar-refractivity contribution in [3.63, 3.8) is 0 Å². The van der Waals surface area contributed by atoms with E-state index in [-0.39, 0.29) is 11.8 Å². The van der Waals surface area contributed by atoms with E-state index in [1.807, 2.05) is 30.3 Å². The van der Waals surface area contributed by atoms with Gasteiger partial charge >= 0.3 is 0 Å². The van der Waals surface area contributed by atoms with E-state index in [1.165, 1.54) is 0 Å². The van der Waals surface area contributed by atoms with Crippen LogP contribution in [0.1, 0.15) is 31.4 Å². The summed E-state index contributed by atoms with van der Waals surface area (Å²) in [4.78, 5) is 26.2. The first-order valence-electron chi connectivity index (χ1n) is 10.5. The molecule has 154 valence electrons. The molecule has 6 nitrogen and oxygen atoms in total. The zero-order valence-electron chi connectivity index (χ0n) is 16.6. The van der Waals surface area contributed by atoms with Gasteiger partial charge in [0.1, 0.15) is 5.82 Å². The van der Waals surface area contributed by atoms with Crippen molar-refractivity contribution in [1.82, 2.24) is 20.2 Å². The Morgan fingerprint density at radius 2 is 1.97 bits per heavy atom. The van der Waals surface area contributed by atoms with Gasteiger partial charge in [-0.05, 0) is 56.5 Å². The van der Waals surface area contributed by atoms with Crippen molar-refractivity contribution in [2.75, 3.05) is 31.1 Å². The van der Waals surface area contributed by atoms with E-state index in [4.69, 9.17) is 11.6 Å². The van der Waals surface area contributed by atoms with Crippen LogP contribution in [0.5, 0.6) is 0 Å². The Kier molecular flexibility index (Phi) is 6.62. The number of pyridine rings is 2. The fourth-order valence-electron chi connectivity index (χ4n) is 4.39. The molecule has 29 heavy (non-hydrogen) atoms. The molecule has 0 radical (unpaired) electrons. The van der Waals surface area contributed by atoms with Gasteiger partial charge in [0, 0.05) is 38.1 Å². The molecule has 2 aliphatic rings. The third kappa shape index (κ3) is 5.25. The van der Waals surface area contributed by atoms with Gasteiger partial charge in [-0.2, -0.15) is 0 Å². The van der Waals surface area contributed by atoms with Gasteiger partial charge in [-0.25, -0.2) is 4.98 Å². The van der Waals surface area contributed by atoms with E-state index in [9.17, 15) is 4.79 Å². The van der Waals surface area contributed by atoms with Crippen LogP contribution in [0.25, 0.3) is 0 Å². The third-order valence-corrected chi connectivity index (χ3v) is 6.23. The molecule has 2 saturated heterocycles.